The van der Waals surface area contributed by atoms with Gasteiger partial charge in [-0.1, -0.05) is 287 Å². The standard InChI is InChI=1S/C83H56N3.Ir/c1-57-50-83(86-56-80(57)61-30-12-5-13-31-61)66-44-47-75(79(55-66)60-28-10-4-11-29-60)72-36-18-15-33-69(72)63-41-40-62(68-32-14-17-35-71(68)74-45-42-64(81-38-20-22-48-84-81)53-77(74)58-24-6-2-7-25-58)51-67(52-63)70-34-16-19-37-73(70)76-46-43-65(82-39-21-23-49-85-82)54-78(76)59-26-8-3-9-27-59;/h2-40,45-56H,41H2,1H3;/q-3;+3. The third kappa shape index (κ3) is 11.6. The molecule has 87 heavy (non-hydrogen) atoms. The second-order valence-corrected chi connectivity index (χ2v) is 21.6. The van der Waals surface area contributed by atoms with Crippen molar-refractivity contribution in [2.75, 3.05) is 0 Å². The van der Waals surface area contributed by atoms with Crippen LogP contribution in [0.3, 0.4) is 0 Å². The van der Waals surface area contributed by atoms with Crippen LogP contribution in [0.5, 0.6) is 0 Å². The molecule has 0 N–H and O–H groups in total. The number of aryl methyl sites for hydroxylation is 1. The van der Waals surface area contributed by atoms with Crippen LogP contribution in [0.2, 0.25) is 0 Å². The summed E-state index contributed by atoms with van der Waals surface area (Å²) >= 11 is 0. The van der Waals surface area contributed by atoms with E-state index in [1.54, 1.807) is 0 Å². The summed E-state index contributed by atoms with van der Waals surface area (Å²) in [5.41, 5.74) is 28.9. The Hall–Kier alpha value is -10.5. The summed E-state index contributed by atoms with van der Waals surface area (Å²) in [7, 11) is 0. The van der Waals surface area contributed by atoms with Gasteiger partial charge in [-0.2, -0.15) is 0 Å². The van der Waals surface area contributed by atoms with E-state index in [0.717, 1.165) is 145 Å². The average molecular weight is 1290 g/mol. The van der Waals surface area contributed by atoms with Gasteiger partial charge in [-0.3, -0.25) is 0 Å². The van der Waals surface area contributed by atoms with E-state index < -0.39 is 0 Å². The van der Waals surface area contributed by atoms with Gasteiger partial charge < -0.3 is 15.0 Å². The second kappa shape index (κ2) is 25.4. The summed E-state index contributed by atoms with van der Waals surface area (Å²) in [6.07, 6.45) is 13.6. The zero-order valence-electron chi connectivity index (χ0n) is 47.8. The number of hydrogen-bond donors (Lipinski definition) is 0. The van der Waals surface area contributed by atoms with Gasteiger partial charge in [-0.25, -0.2) is 0 Å². The zero-order chi connectivity index (χ0) is 57.6. The summed E-state index contributed by atoms with van der Waals surface area (Å²) in [5.74, 6) is 0. The number of nitrogens with zero attached hydrogens (tertiary/aromatic N) is 3. The fourth-order valence-electron chi connectivity index (χ4n) is 12.0. The minimum atomic E-state index is 0. The minimum absolute atomic E-state index is 0. The minimum Gasteiger partial charge on any atom is -0.305 e. The monoisotopic (exact) mass is 1290 g/mol. The van der Waals surface area contributed by atoms with Crippen molar-refractivity contribution < 1.29 is 20.1 Å². The van der Waals surface area contributed by atoms with E-state index >= 15 is 0 Å². The van der Waals surface area contributed by atoms with Crippen molar-refractivity contribution in [3.63, 3.8) is 0 Å². The van der Waals surface area contributed by atoms with Crippen molar-refractivity contribution in [1.29, 1.82) is 0 Å². The van der Waals surface area contributed by atoms with Crippen molar-refractivity contribution in [3.05, 3.63) is 350 Å². The predicted molar refractivity (Wildman–Crippen MR) is 357 cm³/mol. The molecule has 0 amide bonds. The van der Waals surface area contributed by atoms with Crippen LogP contribution in [0.4, 0.5) is 0 Å². The van der Waals surface area contributed by atoms with E-state index in [1.807, 2.05) is 61.1 Å². The number of hydrogen-bond acceptors (Lipinski definition) is 3. The van der Waals surface area contributed by atoms with E-state index in [4.69, 9.17) is 15.0 Å². The molecule has 0 aliphatic heterocycles. The van der Waals surface area contributed by atoms with Gasteiger partial charge in [0.05, 0.1) is 0 Å². The average Bonchev–Trinajstić information content (AvgIpc) is 3.46. The number of pyridine rings is 3. The maximum absolute atomic E-state index is 5.06. The number of benzene rings is 10. The largest absolute Gasteiger partial charge is 3.00 e. The van der Waals surface area contributed by atoms with Crippen LogP contribution >= 0.6 is 0 Å². The Morgan fingerprint density at radius 3 is 1.09 bits per heavy atom. The van der Waals surface area contributed by atoms with Crippen LogP contribution < -0.4 is 0 Å². The van der Waals surface area contributed by atoms with Gasteiger partial charge in [-0.15, -0.1) is 71.3 Å². The molecule has 0 spiro atoms. The molecule has 0 unspecified atom stereocenters. The smallest absolute Gasteiger partial charge is 0.305 e. The maximum atomic E-state index is 5.06. The molecule has 0 radical (unpaired) electrons. The van der Waals surface area contributed by atoms with E-state index in [9.17, 15) is 0 Å². The SMILES string of the molecule is Cc1cc(-c2[c-]cc(-c3ccccc3C3=CC(c4ccccc4-c4c[c-]c(-c5ccccn5)cc4-c4ccccc4)=CC(c4ccccc4-c4c[c-]c(-c5ccccn5)cc4-c4ccccc4)=CC3)c(-c3ccccc3)c2)ncc1-c1ccccc1.[Ir+3]. The molecule has 1 aliphatic carbocycles. The van der Waals surface area contributed by atoms with Gasteiger partial charge in [-0.05, 0) is 110 Å². The molecule has 0 bridgehead atoms. The fraction of sp³-hybridized carbons (Fsp3) is 0.0241. The van der Waals surface area contributed by atoms with Gasteiger partial charge in [0, 0.05) is 24.2 Å². The molecule has 4 heteroatoms. The molecule has 3 heterocycles. The van der Waals surface area contributed by atoms with Gasteiger partial charge in [0.25, 0.3) is 0 Å². The molecule has 0 fully saturated rings. The van der Waals surface area contributed by atoms with Crippen LogP contribution in [0.1, 0.15) is 28.7 Å². The maximum Gasteiger partial charge on any atom is 3.00 e. The Bertz CT molecular complexity index is 4690. The van der Waals surface area contributed by atoms with Gasteiger partial charge in [0.15, 0.2) is 0 Å². The number of aromatic nitrogens is 3. The molecule has 14 rings (SSSR count). The third-order valence-electron chi connectivity index (χ3n) is 16.3. The number of rotatable bonds is 13. The van der Waals surface area contributed by atoms with E-state index in [1.165, 1.54) is 5.57 Å². The van der Waals surface area contributed by atoms with Crippen molar-refractivity contribution >= 4 is 16.7 Å². The van der Waals surface area contributed by atoms with Crippen molar-refractivity contribution in [2.45, 2.75) is 13.3 Å². The summed E-state index contributed by atoms with van der Waals surface area (Å²) in [5, 5.41) is 0. The first-order valence-corrected chi connectivity index (χ1v) is 29.2. The van der Waals surface area contributed by atoms with E-state index in [0.29, 0.717) is 6.42 Å². The quantitative estimate of drug-likeness (QED) is 0.108. The van der Waals surface area contributed by atoms with E-state index in [2.05, 4.69) is 274 Å². The first kappa shape index (κ1) is 55.7. The van der Waals surface area contributed by atoms with Crippen LogP contribution in [0.15, 0.2) is 310 Å². The van der Waals surface area contributed by atoms with Crippen LogP contribution in [-0.4, -0.2) is 15.0 Å². The molecule has 1 aliphatic rings. The molecule has 10 aromatic carbocycles. The van der Waals surface area contributed by atoms with Crippen molar-refractivity contribution in [2.24, 2.45) is 0 Å². The second-order valence-electron chi connectivity index (χ2n) is 21.6. The van der Waals surface area contributed by atoms with Gasteiger partial charge in [0.1, 0.15) is 0 Å². The summed E-state index contributed by atoms with van der Waals surface area (Å²) in [6, 6.07) is 108. The van der Waals surface area contributed by atoms with Crippen LogP contribution in [0, 0.1) is 25.1 Å². The van der Waals surface area contributed by atoms with Crippen molar-refractivity contribution in [3.8, 4) is 112 Å². The van der Waals surface area contributed by atoms with Crippen molar-refractivity contribution in [1.82, 2.24) is 15.0 Å². The van der Waals surface area contributed by atoms with E-state index in [-0.39, 0.29) is 20.1 Å². The topological polar surface area (TPSA) is 38.7 Å². The molecule has 0 saturated heterocycles. The number of allylic oxidation sites excluding steroid dienone is 6. The molecular formula is C83H56IrN3. The van der Waals surface area contributed by atoms with Gasteiger partial charge >= 0.3 is 20.1 Å². The molecule has 3 nitrogen and oxygen atoms in total. The molecule has 412 valence electrons. The molecule has 3 aromatic heterocycles. The fourth-order valence-corrected chi connectivity index (χ4v) is 12.0. The first-order valence-electron chi connectivity index (χ1n) is 29.2. The molecule has 13 aromatic rings. The Morgan fingerprint density at radius 1 is 0.299 bits per heavy atom. The normalized spacial score (nSPS) is 12.0. The Labute approximate surface area is 523 Å². The zero-order valence-corrected chi connectivity index (χ0v) is 50.2. The summed E-state index contributed by atoms with van der Waals surface area (Å²) in [6.45, 7) is 2.16. The molecule has 0 saturated carbocycles. The third-order valence-corrected chi connectivity index (χ3v) is 16.3. The Kier molecular flexibility index (Phi) is 16.3. The summed E-state index contributed by atoms with van der Waals surface area (Å²) in [4.78, 5) is 14.6. The molecular weight excluding hydrogens is 1230 g/mol. The Balaban J connectivity index is 0.00000700. The van der Waals surface area contributed by atoms with Crippen LogP contribution in [0.25, 0.3) is 128 Å². The Morgan fingerprint density at radius 2 is 0.667 bits per heavy atom. The predicted octanol–water partition coefficient (Wildman–Crippen LogP) is 21.2. The summed E-state index contributed by atoms with van der Waals surface area (Å²) < 4.78 is 0. The first-order chi connectivity index (χ1) is 42.6. The van der Waals surface area contributed by atoms with Crippen LogP contribution in [-0.2, 0) is 20.1 Å². The molecule has 0 atom stereocenters. The van der Waals surface area contributed by atoms with Gasteiger partial charge in [0.2, 0.25) is 0 Å².